The first-order valence-electron chi connectivity index (χ1n) is 41.2. The molecule has 0 aliphatic carbocycles. The fourth-order valence-corrected chi connectivity index (χ4v) is 24.5. The molecule has 137 heavy (non-hydrogen) atoms. The van der Waals surface area contributed by atoms with E-state index in [1.807, 2.05) is 0 Å². The summed E-state index contributed by atoms with van der Waals surface area (Å²) in [6.07, 6.45) is -23.6. The van der Waals surface area contributed by atoms with Gasteiger partial charge in [0.25, 0.3) is 38.9 Å². The molecule has 7 saturated heterocycles. The average Bonchev–Trinajstić information content (AvgIpc) is 1.67. The monoisotopic (exact) mass is 2160 g/mol. The summed E-state index contributed by atoms with van der Waals surface area (Å²) in [5.74, 6) is 0. The van der Waals surface area contributed by atoms with Gasteiger partial charge in [-0.3, -0.25) is 100 Å². The van der Waals surface area contributed by atoms with Crippen LogP contribution in [0.4, 0.5) is 0 Å². The molecule has 7 fully saturated rings. The summed E-state index contributed by atoms with van der Waals surface area (Å²) in [5.41, 5.74) is -11.3. The quantitative estimate of drug-likeness (QED) is 0.0172. The van der Waals surface area contributed by atoms with Crippen LogP contribution in [0.3, 0.4) is 0 Å². The standard InChI is InChI=1S/C70H92N14O41P6S6/c1-29-15-78(64(94)71-57(29)87)50-8-36(86)44(114-50)23-107-126(101,132)121-38-10-52(80-17-31(3)59(89)73-66(80)96)116-46(38)25-109-128(103,134)123-40-12-54(82-19-33(5)61(91)75-68(82)98)118-48(40)27-111-130(105,136)125-42-14-56(84-21-35(7)63(93)77-70(84)100)119-49(42)28-112-131(106,137)124-41-13-55(83-20-34(6)62(92)76-69(83)99)117-47(41)26-110-129(104,135)122-39-11-53(81-18-32(4)60(90)74-67(81)97)115-45(39)24-108-127(102,133)120-37-9-51(113-43(37)22-85)79-16-30(2)58(88)72-65(79)95/h15-21,36-56,85-86H,8-14,22-28H2,1-7H3,(H,101,132)(H,102,133)(H,103,134)(H,104,135)(H,105,136)(H,106,137)(H,71,87,94)(H,72,88,95)(H,73,89,96)(H,74,90,97)(H,75,91,98)(H,76,92,99)(H,77,93,100)/t36-,37-,38-,39-,40-,41-,42-,43+,44+,45+,46+,47+,48+,49+,50+,51+,52+,53+,54+,55+,56+,126?,127?,128?,129?,130?,131?/m0/s1. The Morgan fingerprint density at radius 2 is 0.416 bits per heavy atom. The highest BCUT2D eigenvalue weighted by Crippen LogP contribution is 2.58. The summed E-state index contributed by atoms with van der Waals surface area (Å²) < 4.78 is 121. The van der Waals surface area contributed by atoms with Crippen LogP contribution in [0.1, 0.15) is 127 Å². The minimum Gasteiger partial charge on any atom is -0.394 e. The molecule has 7 aromatic heterocycles. The van der Waals surface area contributed by atoms with E-state index in [4.69, 9.17) is 158 Å². The van der Waals surface area contributed by atoms with Gasteiger partial charge in [-0.05, 0) is 119 Å². The molecule has 27 atom stereocenters. The first-order chi connectivity index (χ1) is 64.2. The van der Waals surface area contributed by atoms with E-state index in [9.17, 15) is 107 Å². The second-order valence-corrected chi connectivity index (χ2v) is 49.3. The highest BCUT2D eigenvalue weighted by atomic mass is 32.5. The van der Waals surface area contributed by atoms with E-state index >= 15 is 0 Å². The van der Waals surface area contributed by atoms with Gasteiger partial charge in [0.05, 0.1) is 89.0 Å². The molecular weight excluding hydrogens is 2070 g/mol. The van der Waals surface area contributed by atoms with Crippen LogP contribution < -0.4 is 78.7 Å². The lowest BCUT2D eigenvalue weighted by Crippen LogP contribution is -2.33. The van der Waals surface area contributed by atoms with E-state index in [0.29, 0.717) is 0 Å². The van der Waals surface area contributed by atoms with Crippen LogP contribution in [0.25, 0.3) is 0 Å². The van der Waals surface area contributed by atoms with Gasteiger partial charge in [-0.25, -0.2) is 33.6 Å². The first kappa shape index (κ1) is 106. The summed E-state index contributed by atoms with van der Waals surface area (Å²) in [5, 5.41) is 21.2. The average molecular weight is 2160 g/mol. The number of aliphatic hydroxyl groups excluding tert-OH is 2. The lowest BCUT2D eigenvalue weighted by Gasteiger charge is -2.28. The van der Waals surface area contributed by atoms with Crippen LogP contribution in [-0.4, -0.2) is 238 Å². The number of rotatable bonds is 38. The van der Waals surface area contributed by atoms with E-state index in [2.05, 4.69) is 34.9 Å². The van der Waals surface area contributed by atoms with Crippen LogP contribution in [-0.2, 0) is 158 Å². The molecule has 0 bridgehead atoms. The van der Waals surface area contributed by atoms with E-state index in [1.165, 1.54) is 67.1 Å². The van der Waals surface area contributed by atoms with Gasteiger partial charge in [0.1, 0.15) is 86.3 Å². The number of hydrogen-bond acceptors (Lipinski definition) is 41. The Bertz CT molecular complexity index is 6990. The molecule has 15 N–H and O–H groups in total. The van der Waals surface area contributed by atoms with Crippen molar-refractivity contribution < 1.29 is 127 Å². The lowest BCUT2D eigenvalue weighted by atomic mass is 10.2. The fraction of sp³-hybridized carbons (Fsp3) is 0.600. The van der Waals surface area contributed by atoms with Crippen molar-refractivity contribution in [3.63, 3.8) is 0 Å². The molecule has 7 aliphatic heterocycles. The predicted octanol–water partition coefficient (Wildman–Crippen LogP) is -2.93. The molecule has 0 aromatic carbocycles. The maximum Gasteiger partial charge on any atom is 0.330 e. The van der Waals surface area contributed by atoms with Crippen molar-refractivity contribution in [2.45, 2.75) is 222 Å². The summed E-state index contributed by atoms with van der Waals surface area (Å²) in [6.45, 7) is -23.8. The van der Waals surface area contributed by atoms with Gasteiger partial charge in [0, 0.05) is 127 Å². The molecule has 0 saturated carbocycles. The van der Waals surface area contributed by atoms with Crippen LogP contribution >= 0.6 is 40.3 Å². The van der Waals surface area contributed by atoms with E-state index < -0.39 is 314 Å². The minimum absolute atomic E-state index is 0.00451. The number of nitrogens with one attached hydrogen (secondary N) is 7. The summed E-state index contributed by atoms with van der Waals surface area (Å²) in [6, 6.07) is 0. The molecule has 7 aliphatic rings. The van der Waals surface area contributed by atoms with Crippen LogP contribution in [0.5, 0.6) is 0 Å². The summed E-state index contributed by atoms with van der Waals surface area (Å²) in [7, 11) is 0. The number of ether oxygens (including phenoxy) is 7. The van der Waals surface area contributed by atoms with Gasteiger partial charge in [-0.15, -0.1) is 0 Å². The summed E-state index contributed by atoms with van der Waals surface area (Å²) >= 11 is 33.1. The molecule has 0 spiro atoms. The highest BCUT2D eigenvalue weighted by molar-refractivity contribution is 8.08. The van der Waals surface area contributed by atoms with Crippen LogP contribution in [0.2, 0.25) is 0 Å². The van der Waals surface area contributed by atoms with Crippen molar-refractivity contribution in [2.75, 3.05) is 46.2 Å². The zero-order valence-electron chi connectivity index (χ0n) is 72.4. The van der Waals surface area contributed by atoms with Crippen molar-refractivity contribution in [3.8, 4) is 0 Å². The second-order valence-electron chi connectivity index (χ2n) is 32.6. The predicted molar refractivity (Wildman–Crippen MR) is 489 cm³/mol. The lowest BCUT2D eigenvalue weighted by molar-refractivity contribution is -0.0587. The molecule has 55 nitrogen and oxygen atoms in total. The number of aliphatic hydroxyl groups is 2. The molecule has 67 heteroatoms. The minimum atomic E-state index is -4.81. The van der Waals surface area contributed by atoms with Crippen LogP contribution in [0, 0.1) is 48.5 Å². The smallest absolute Gasteiger partial charge is 0.330 e. The zero-order chi connectivity index (χ0) is 99.5. The number of aryl methyl sites for hydroxylation is 7. The Kier molecular flexibility index (Phi) is 33.3. The van der Waals surface area contributed by atoms with Crippen LogP contribution in [0.15, 0.2) is 111 Å². The number of hydrogen-bond donors (Lipinski definition) is 15. The number of aromatic amines is 7. The number of H-pyrrole nitrogens is 7. The molecule has 6 unspecified atom stereocenters. The molecule has 7 aromatic rings. The van der Waals surface area contributed by atoms with E-state index in [-0.39, 0.29) is 64.6 Å². The molecule has 754 valence electrons. The van der Waals surface area contributed by atoms with Gasteiger partial charge in [0.2, 0.25) is 0 Å². The fourth-order valence-electron chi connectivity index (χ4n) is 15.7. The highest BCUT2D eigenvalue weighted by Gasteiger charge is 2.51. The second kappa shape index (κ2) is 42.9. The Labute approximate surface area is 797 Å². The maximum atomic E-state index is 13.5. The van der Waals surface area contributed by atoms with Crippen molar-refractivity contribution >= 4 is 111 Å². The molecule has 14 heterocycles. The van der Waals surface area contributed by atoms with E-state index in [1.54, 1.807) is 0 Å². The Morgan fingerprint density at radius 3 is 0.591 bits per heavy atom. The Hall–Kier alpha value is -6.42. The molecule has 0 amide bonds. The van der Waals surface area contributed by atoms with Crippen molar-refractivity contribution in [2.24, 2.45) is 0 Å². The maximum absolute atomic E-state index is 13.5. The third-order valence-corrected chi connectivity index (χ3v) is 32.2. The normalized spacial score (nSPS) is 30.0. The Balaban J connectivity index is 0.661. The largest absolute Gasteiger partial charge is 0.394 e. The van der Waals surface area contributed by atoms with Crippen molar-refractivity contribution in [3.05, 3.63) is 228 Å². The summed E-state index contributed by atoms with van der Waals surface area (Å²) in [4.78, 5) is 266. The Morgan fingerprint density at radius 1 is 0.270 bits per heavy atom. The van der Waals surface area contributed by atoms with Gasteiger partial charge in [0.15, 0.2) is 0 Å². The third kappa shape index (κ3) is 25.9. The first-order valence-corrected chi connectivity index (χ1v) is 56.8. The molecular formula is C70H92N14O41P6S6. The van der Waals surface area contributed by atoms with Gasteiger partial charge < -0.3 is 127 Å². The van der Waals surface area contributed by atoms with Gasteiger partial charge >= 0.3 is 80.1 Å². The number of nitrogens with zero attached hydrogens (tertiary/aromatic N) is 7. The molecule has 14 rings (SSSR count). The molecule has 0 radical (unpaired) electrons. The zero-order valence-corrected chi connectivity index (χ0v) is 82.6. The van der Waals surface area contributed by atoms with E-state index in [0.717, 1.165) is 56.8 Å². The third-order valence-electron chi connectivity index (χ3n) is 22.7. The number of aromatic nitrogens is 14. The van der Waals surface area contributed by atoms with Crippen molar-refractivity contribution in [1.82, 2.24) is 66.9 Å². The van der Waals surface area contributed by atoms with Gasteiger partial charge in [-0.2, -0.15) is 0 Å². The van der Waals surface area contributed by atoms with Crippen molar-refractivity contribution in [1.29, 1.82) is 0 Å². The SMILES string of the molecule is Cc1cn([C@H]2C[C@H](OP(O)(=S)OC[C@H]3O[C@@H](n4cc(C)c(=O)[nH]c4=O)C[C@@H]3OP(O)(=S)OC[C@H]3O[C@@H](n4cc(C)c(=O)[nH]c4=O)C[C@@H]3OP(O)(=S)OC[C@H]3O[C@@H](n4cc(C)c(=O)[nH]c4=O)C[C@@H]3OP(O)(=S)OC[C@H]3O[C@@H](n4cc(C)c(=O)[nH]c4=O)C[C@@H]3OP(O)(=S)OC[C@H]3O[C@@H](n4cc(C)c(=O)[nH]c4=O)C[C@@H]3OP(O)(=S)OC[C@H]3O[C@@H](n4cc(C)c(=O)[nH]c4=O)C[C@@H]3O)[C@@H](CO)O2)c(=O)[nH]c1=O. The van der Waals surface area contributed by atoms with Gasteiger partial charge in [-0.1, -0.05) is 0 Å². The topological polar surface area (TPSA) is 721 Å².